The van der Waals surface area contributed by atoms with E-state index in [1.807, 2.05) is 0 Å². The normalized spacial score (nSPS) is 10.2. The van der Waals surface area contributed by atoms with Crippen LogP contribution in [0.1, 0.15) is 5.76 Å². The summed E-state index contributed by atoms with van der Waals surface area (Å²) in [6.07, 6.45) is 0. The summed E-state index contributed by atoms with van der Waals surface area (Å²) >= 11 is 3.19. The van der Waals surface area contributed by atoms with Crippen LogP contribution in [-0.2, 0) is 6.54 Å². The first-order chi connectivity index (χ1) is 8.16. The van der Waals surface area contributed by atoms with Gasteiger partial charge in [0.05, 0.1) is 11.5 Å². The minimum atomic E-state index is -0.416. The van der Waals surface area contributed by atoms with Gasteiger partial charge in [0.25, 0.3) is 5.69 Å². The molecule has 0 aliphatic rings. The zero-order valence-corrected chi connectivity index (χ0v) is 10.3. The van der Waals surface area contributed by atoms with Crippen molar-refractivity contribution in [2.75, 3.05) is 5.32 Å². The van der Waals surface area contributed by atoms with Crippen LogP contribution in [0.25, 0.3) is 0 Å². The fraction of sp³-hybridized carbons (Fsp3) is 0.0909. The summed E-state index contributed by atoms with van der Waals surface area (Å²) in [7, 11) is 0. The molecule has 0 fully saturated rings. The summed E-state index contributed by atoms with van der Waals surface area (Å²) in [5.41, 5.74) is 0.531. The topological polar surface area (TPSA) is 68.3 Å². The molecule has 1 heterocycles. The Morgan fingerprint density at radius 1 is 1.29 bits per heavy atom. The minimum absolute atomic E-state index is 0.0538. The Bertz CT molecular complexity index is 539. The molecule has 2 rings (SSSR count). The number of halogens is 1. The molecule has 6 heteroatoms. The number of hydrogen-bond donors (Lipinski definition) is 1. The number of rotatable bonds is 4. The van der Waals surface area contributed by atoms with Crippen LogP contribution in [-0.4, -0.2) is 4.92 Å². The maximum atomic E-state index is 10.8. The van der Waals surface area contributed by atoms with Gasteiger partial charge in [-0.1, -0.05) is 12.1 Å². The van der Waals surface area contributed by atoms with E-state index < -0.39 is 4.92 Å². The molecule has 0 atom stereocenters. The van der Waals surface area contributed by atoms with Gasteiger partial charge in [0.1, 0.15) is 11.4 Å². The predicted molar refractivity (Wildman–Crippen MR) is 66.8 cm³/mol. The van der Waals surface area contributed by atoms with Crippen molar-refractivity contribution in [1.82, 2.24) is 0 Å². The number of hydrogen-bond acceptors (Lipinski definition) is 4. The van der Waals surface area contributed by atoms with Crippen LogP contribution in [0.4, 0.5) is 11.4 Å². The molecular weight excluding hydrogens is 288 g/mol. The highest BCUT2D eigenvalue weighted by Crippen LogP contribution is 2.24. The molecule has 1 N–H and O–H groups in total. The number of nitro groups is 1. The molecule has 0 saturated carbocycles. The predicted octanol–water partition coefficient (Wildman–Crippen LogP) is 3.56. The first-order valence-corrected chi connectivity index (χ1v) is 5.67. The van der Waals surface area contributed by atoms with E-state index >= 15 is 0 Å². The highest BCUT2D eigenvalue weighted by atomic mass is 79.9. The van der Waals surface area contributed by atoms with Crippen LogP contribution in [0.3, 0.4) is 0 Å². The molecule has 0 amide bonds. The molecule has 88 valence electrons. The number of benzene rings is 1. The third-order valence-corrected chi connectivity index (χ3v) is 2.61. The Labute approximate surface area is 106 Å². The number of nitro benzene ring substituents is 1. The maximum Gasteiger partial charge on any atom is 0.292 e. The summed E-state index contributed by atoms with van der Waals surface area (Å²) < 4.78 is 5.93. The van der Waals surface area contributed by atoms with Crippen molar-refractivity contribution >= 4 is 27.3 Å². The molecule has 0 spiro atoms. The van der Waals surface area contributed by atoms with E-state index in [9.17, 15) is 10.1 Å². The third-order valence-electron chi connectivity index (χ3n) is 2.18. The van der Waals surface area contributed by atoms with Crippen molar-refractivity contribution in [2.45, 2.75) is 6.54 Å². The molecule has 5 nitrogen and oxygen atoms in total. The minimum Gasteiger partial charge on any atom is -0.452 e. The van der Waals surface area contributed by atoms with Gasteiger partial charge < -0.3 is 9.73 Å². The van der Waals surface area contributed by atoms with Crippen LogP contribution in [0.5, 0.6) is 0 Å². The molecule has 2 aromatic rings. The first kappa shape index (κ1) is 11.7. The SMILES string of the molecule is O=[N+]([O-])c1ccccc1NCc1ccc(Br)o1. The fourth-order valence-corrected chi connectivity index (χ4v) is 1.75. The van der Waals surface area contributed by atoms with Crippen molar-refractivity contribution < 1.29 is 9.34 Å². The molecular formula is C11H9BrN2O3. The number of nitrogens with one attached hydrogen (secondary N) is 1. The van der Waals surface area contributed by atoms with Crippen LogP contribution in [0.2, 0.25) is 0 Å². The maximum absolute atomic E-state index is 10.8. The van der Waals surface area contributed by atoms with Gasteiger partial charge in [0.2, 0.25) is 0 Å². The molecule has 17 heavy (non-hydrogen) atoms. The van der Waals surface area contributed by atoms with Crippen molar-refractivity contribution in [2.24, 2.45) is 0 Å². The summed E-state index contributed by atoms with van der Waals surface area (Å²) in [5.74, 6) is 0.704. The lowest BCUT2D eigenvalue weighted by Crippen LogP contribution is -2.01. The lowest BCUT2D eigenvalue weighted by molar-refractivity contribution is -0.384. The van der Waals surface area contributed by atoms with Crippen LogP contribution >= 0.6 is 15.9 Å². The van der Waals surface area contributed by atoms with Crippen molar-refractivity contribution in [1.29, 1.82) is 0 Å². The van der Waals surface area contributed by atoms with Gasteiger partial charge in [0.15, 0.2) is 4.67 Å². The Morgan fingerprint density at radius 3 is 2.71 bits per heavy atom. The van der Waals surface area contributed by atoms with E-state index in [0.717, 1.165) is 0 Å². The zero-order chi connectivity index (χ0) is 12.3. The molecule has 0 bridgehead atoms. The number of furan rings is 1. The van der Waals surface area contributed by atoms with E-state index in [0.29, 0.717) is 22.7 Å². The summed E-state index contributed by atoms with van der Waals surface area (Å²) in [5, 5.41) is 13.7. The molecule has 0 saturated heterocycles. The van der Waals surface area contributed by atoms with E-state index in [2.05, 4.69) is 21.2 Å². The molecule has 1 aromatic carbocycles. The van der Waals surface area contributed by atoms with E-state index in [1.54, 1.807) is 30.3 Å². The van der Waals surface area contributed by atoms with E-state index in [-0.39, 0.29) is 5.69 Å². The third kappa shape index (κ3) is 2.85. The van der Waals surface area contributed by atoms with E-state index in [4.69, 9.17) is 4.42 Å². The van der Waals surface area contributed by atoms with Crippen LogP contribution in [0.15, 0.2) is 45.5 Å². The standard InChI is InChI=1S/C11H9BrN2O3/c12-11-6-5-8(17-11)7-13-9-3-1-2-4-10(9)14(15)16/h1-6,13H,7H2. The lowest BCUT2D eigenvalue weighted by atomic mass is 10.2. The number of nitrogens with zero attached hydrogens (tertiary/aromatic N) is 1. The second-order valence-electron chi connectivity index (χ2n) is 3.33. The summed E-state index contributed by atoms with van der Waals surface area (Å²) in [6, 6.07) is 10.1. The molecule has 0 aliphatic heterocycles. The Morgan fingerprint density at radius 2 is 2.06 bits per heavy atom. The average Bonchev–Trinajstić information content (AvgIpc) is 2.73. The Balaban J connectivity index is 2.11. The number of para-hydroxylation sites is 2. The Hall–Kier alpha value is -1.82. The molecule has 0 radical (unpaired) electrons. The second kappa shape index (κ2) is 5.01. The van der Waals surface area contributed by atoms with Crippen molar-refractivity contribution in [3.05, 3.63) is 56.9 Å². The summed E-state index contributed by atoms with van der Waals surface area (Å²) in [6.45, 7) is 0.399. The van der Waals surface area contributed by atoms with Gasteiger partial charge >= 0.3 is 0 Å². The van der Waals surface area contributed by atoms with Gasteiger partial charge in [-0.05, 0) is 34.1 Å². The smallest absolute Gasteiger partial charge is 0.292 e. The highest BCUT2D eigenvalue weighted by molar-refractivity contribution is 9.10. The zero-order valence-electron chi connectivity index (χ0n) is 8.72. The molecule has 1 aromatic heterocycles. The fourth-order valence-electron chi connectivity index (χ4n) is 1.41. The van der Waals surface area contributed by atoms with E-state index in [1.165, 1.54) is 6.07 Å². The Kier molecular flexibility index (Phi) is 3.43. The van der Waals surface area contributed by atoms with Crippen LogP contribution < -0.4 is 5.32 Å². The van der Waals surface area contributed by atoms with Gasteiger partial charge in [-0.25, -0.2) is 0 Å². The van der Waals surface area contributed by atoms with Gasteiger partial charge in [-0.3, -0.25) is 10.1 Å². The quantitative estimate of drug-likeness (QED) is 0.692. The molecule has 0 aliphatic carbocycles. The highest BCUT2D eigenvalue weighted by Gasteiger charge is 2.12. The lowest BCUT2D eigenvalue weighted by Gasteiger charge is -2.04. The van der Waals surface area contributed by atoms with Crippen molar-refractivity contribution in [3.8, 4) is 0 Å². The molecule has 0 unspecified atom stereocenters. The van der Waals surface area contributed by atoms with Crippen molar-refractivity contribution in [3.63, 3.8) is 0 Å². The second-order valence-corrected chi connectivity index (χ2v) is 4.12. The number of anilines is 1. The van der Waals surface area contributed by atoms with Gasteiger partial charge in [0, 0.05) is 6.07 Å². The van der Waals surface area contributed by atoms with Gasteiger partial charge in [-0.2, -0.15) is 0 Å². The van der Waals surface area contributed by atoms with Gasteiger partial charge in [-0.15, -0.1) is 0 Å². The monoisotopic (exact) mass is 296 g/mol. The average molecular weight is 297 g/mol. The first-order valence-electron chi connectivity index (χ1n) is 4.88. The van der Waals surface area contributed by atoms with Crippen LogP contribution in [0, 0.1) is 10.1 Å². The largest absolute Gasteiger partial charge is 0.452 e. The summed E-state index contributed by atoms with van der Waals surface area (Å²) in [4.78, 5) is 10.4.